The van der Waals surface area contributed by atoms with Crippen molar-refractivity contribution in [2.24, 2.45) is 10.1 Å². The van der Waals surface area contributed by atoms with Crippen molar-refractivity contribution >= 4 is 30.1 Å². The number of aliphatic hydroxyl groups excluding tert-OH is 4. The average Bonchev–Trinajstić information content (AvgIpc) is 3.22. The minimum Gasteiger partial charge on any atom is -0.465 e. The predicted molar refractivity (Wildman–Crippen MR) is 88.4 cm³/mol. The zero-order valence-electron chi connectivity index (χ0n) is 13.7. The molecular formula is C15H18N4O7. The summed E-state index contributed by atoms with van der Waals surface area (Å²) in [6.07, 6.45) is -1.26. The third-order valence-electron chi connectivity index (χ3n) is 3.32. The molecule has 1 aliphatic heterocycles. The Bertz CT molecular complexity index is 741. The number of aliphatic hydroxyl groups is 4. The van der Waals surface area contributed by atoms with Crippen LogP contribution in [0.5, 0.6) is 0 Å². The maximum atomic E-state index is 12.3. The molecule has 140 valence electrons. The van der Waals surface area contributed by atoms with Gasteiger partial charge in [-0.1, -0.05) is 0 Å². The highest BCUT2D eigenvalue weighted by Crippen LogP contribution is 2.18. The van der Waals surface area contributed by atoms with E-state index in [4.69, 9.17) is 9.52 Å². The van der Waals surface area contributed by atoms with Gasteiger partial charge in [-0.25, -0.2) is 15.3 Å². The summed E-state index contributed by atoms with van der Waals surface area (Å²) in [6.45, 7) is 0.407. The Morgan fingerprint density at radius 2 is 2.19 bits per heavy atom. The van der Waals surface area contributed by atoms with Gasteiger partial charge in [0.25, 0.3) is 5.91 Å². The van der Waals surface area contributed by atoms with Gasteiger partial charge in [0.2, 0.25) is 11.9 Å². The van der Waals surface area contributed by atoms with Crippen LogP contribution in [0.2, 0.25) is 0 Å². The van der Waals surface area contributed by atoms with Crippen molar-refractivity contribution in [1.82, 2.24) is 10.3 Å². The van der Waals surface area contributed by atoms with Crippen molar-refractivity contribution in [3.05, 3.63) is 29.9 Å². The molecule has 2 heterocycles. The van der Waals surface area contributed by atoms with Gasteiger partial charge in [0.05, 0.1) is 19.1 Å². The topological polar surface area (TPSA) is 168 Å². The second-order valence-corrected chi connectivity index (χ2v) is 5.26. The highest BCUT2D eigenvalue weighted by atomic mass is 16.4. The van der Waals surface area contributed by atoms with Crippen LogP contribution in [0.15, 0.2) is 38.6 Å². The lowest BCUT2D eigenvalue weighted by Crippen LogP contribution is -2.43. The van der Waals surface area contributed by atoms with E-state index in [0.717, 1.165) is 18.0 Å². The first kappa shape index (κ1) is 19.5. The molecular weight excluding hydrogens is 348 g/mol. The fourth-order valence-electron chi connectivity index (χ4n) is 1.99. The Labute approximate surface area is 147 Å². The normalized spacial score (nSPS) is 19.7. The van der Waals surface area contributed by atoms with Crippen molar-refractivity contribution < 1.29 is 34.4 Å². The van der Waals surface area contributed by atoms with Crippen molar-refractivity contribution in [3.63, 3.8) is 0 Å². The number of amides is 2. The van der Waals surface area contributed by atoms with E-state index in [1.807, 2.05) is 0 Å². The molecule has 2 rings (SSSR count). The monoisotopic (exact) mass is 366 g/mol. The molecule has 0 aromatic carbocycles. The summed E-state index contributed by atoms with van der Waals surface area (Å²) in [7, 11) is 0. The molecule has 0 spiro atoms. The summed E-state index contributed by atoms with van der Waals surface area (Å²) in [4.78, 5) is 28.6. The number of hydrogen-bond donors (Lipinski definition) is 5. The summed E-state index contributed by atoms with van der Waals surface area (Å²) < 4.78 is 5.09. The van der Waals surface area contributed by atoms with E-state index < -0.39 is 36.7 Å². The number of aliphatic imine (C=N–C) groups is 1. The minimum atomic E-state index is -1.67. The van der Waals surface area contributed by atoms with Gasteiger partial charge in [-0.3, -0.25) is 9.59 Å². The SMILES string of the molecule is CC(=O)N1C(=O)/C(=C/c2ccco2)N=C1N/N=C/[C@H](O)[C@@H](O)[C@@H](O)CO. The highest BCUT2D eigenvalue weighted by molar-refractivity contribution is 6.22. The molecule has 0 fully saturated rings. The van der Waals surface area contributed by atoms with Gasteiger partial charge >= 0.3 is 0 Å². The van der Waals surface area contributed by atoms with Crippen LogP contribution in [-0.2, 0) is 9.59 Å². The smallest absolute Gasteiger partial charge is 0.286 e. The summed E-state index contributed by atoms with van der Waals surface area (Å²) in [5.41, 5.74) is 2.25. The molecule has 0 saturated carbocycles. The molecule has 11 heteroatoms. The van der Waals surface area contributed by atoms with Crippen LogP contribution in [0.25, 0.3) is 6.08 Å². The average molecular weight is 366 g/mol. The fraction of sp³-hybridized carbons (Fsp3) is 0.333. The molecule has 0 radical (unpaired) electrons. The number of hydrazone groups is 1. The molecule has 5 N–H and O–H groups in total. The Morgan fingerprint density at radius 3 is 2.77 bits per heavy atom. The molecule has 11 nitrogen and oxygen atoms in total. The van der Waals surface area contributed by atoms with Gasteiger partial charge in [-0.2, -0.15) is 5.10 Å². The number of nitrogens with zero attached hydrogens (tertiary/aromatic N) is 3. The van der Waals surface area contributed by atoms with Crippen molar-refractivity contribution in [1.29, 1.82) is 0 Å². The zero-order chi connectivity index (χ0) is 19.3. The summed E-state index contributed by atoms with van der Waals surface area (Å²) >= 11 is 0. The second kappa shape index (κ2) is 8.49. The van der Waals surface area contributed by atoms with E-state index in [2.05, 4.69) is 15.5 Å². The number of guanidine groups is 1. The third kappa shape index (κ3) is 4.40. The van der Waals surface area contributed by atoms with Crippen molar-refractivity contribution in [3.8, 4) is 0 Å². The van der Waals surface area contributed by atoms with E-state index in [1.165, 1.54) is 12.3 Å². The number of furan rings is 1. The number of carbonyl (C=O) groups excluding carboxylic acids is 2. The van der Waals surface area contributed by atoms with Gasteiger partial charge in [-0.05, 0) is 12.1 Å². The molecule has 3 atom stereocenters. The number of hydrogen-bond acceptors (Lipinski definition) is 10. The molecule has 0 saturated heterocycles. The lowest BCUT2D eigenvalue weighted by Gasteiger charge is -2.18. The maximum Gasteiger partial charge on any atom is 0.286 e. The van der Waals surface area contributed by atoms with Gasteiger partial charge in [-0.15, -0.1) is 0 Å². The first-order valence-corrected chi connectivity index (χ1v) is 7.48. The van der Waals surface area contributed by atoms with Crippen LogP contribution in [0.1, 0.15) is 12.7 Å². The van der Waals surface area contributed by atoms with Crippen LogP contribution in [0, 0.1) is 0 Å². The van der Waals surface area contributed by atoms with E-state index in [9.17, 15) is 24.9 Å². The third-order valence-corrected chi connectivity index (χ3v) is 3.32. The number of imide groups is 1. The van der Waals surface area contributed by atoms with Gasteiger partial charge in [0, 0.05) is 13.0 Å². The largest absolute Gasteiger partial charge is 0.465 e. The van der Waals surface area contributed by atoms with Crippen LogP contribution < -0.4 is 5.43 Å². The van der Waals surface area contributed by atoms with Crippen LogP contribution in [0.4, 0.5) is 0 Å². The van der Waals surface area contributed by atoms with E-state index in [0.29, 0.717) is 5.76 Å². The van der Waals surface area contributed by atoms with Crippen LogP contribution in [0.3, 0.4) is 0 Å². The zero-order valence-corrected chi connectivity index (χ0v) is 13.7. The summed E-state index contributed by atoms with van der Waals surface area (Å²) in [5.74, 6) is -1.15. The molecule has 26 heavy (non-hydrogen) atoms. The predicted octanol–water partition coefficient (Wildman–Crippen LogP) is -1.98. The molecule has 1 aliphatic rings. The molecule has 0 unspecified atom stereocenters. The minimum absolute atomic E-state index is 0.0656. The first-order valence-electron chi connectivity index (χ1n) is 7.48. The van der Waals surface area contributed by atoms with E-state index in [-0.39, 0.29) is 11.7 Å². The Kier molecular flexibility index (Phi) is 6.36. The highest BCUT2D eigenvalue weighted by Gasteiger charge is 2.34. The van der Waals surface area contributed by atoms with Crippen molar-refractivity contribution in [2.75, 3.05) is 6.61 Å². The Hall–Kier alpha value is -2.86. The molecule has 1 aromatic heterocycles. The fourth-order valence-corrected chi connectivity index (χ4v) is 1.99. The van der Waals surface area contributed by atoms with Crippen LogP contribution >= 0.6 is 0 Å². The lowest BCUT2D eigenvalue weighted by molar-refractivity contribution is -0.135. The number of nitrogens with one attached hydrogen (secondary N) is 1. The second-order valence-electron chi connectivity index (χ2n) is 5.26. The molecule has 2 amide bonds. The Morgan fingerprint density at radius 1 is 1.46 bits per heavy atom. The van der Waals surface area contributed by atoms with Crippen LogP contribution in [-0.4, -0.2) is 74.2 Å². The number of carbonyl (C=O) groups is 2. The number of rotatable bonds is 6. The summed E-state index contributed by atoms with van der Waals surface area (Å²) in [6, 6.07) is 3.22. The Balaban J connectivity index is 2.13. The van der Waals surface area contributed by atoms with Gasteiger partial charge < -0.3 is 24.8 Å². The van der Waals surface area contributed by atoms with Gasteiger partial charge in [0.15, 0.2) is 0 Å². The quantitative estimate of drug-likeness (QED) is 0.219. The lowest BCUT2D eigenvalue weighted by atomic mass is 10.1. The van der Waals surface area contributed by atoms with E-state index >= 15 is 0 Å². The molecule has 1 aromatic rings. The summed E-state index contributed by atoms with van der Waals surface area (Å²) in [5, 5.41) is 40.7. The van der Waals surface area contributed by atoms with E-state index in [1.54, 1.807) is 12.1 Å². The van der Waals surface area contributed by atoms with Crippen molar-refractivity contribution in [2.45, 2.75) is 25.2 Å². The molecule has 0 aliphatic carbocycles. The molecule has 0 bridgehead atoms. The maximum absolute atomic E-state index is 12.3. The van der Waals surface area contributed by atoms with Gasteiger partial charge in [0.1, 0.15) is 29.8 Å². The first-order chi connectivity index (χ1) is 12.3. The standard InChI is InChI=1S/C15H18N4O7/c1-8(21)19-14(25)10(5-9-3-2-4-26-9)17-15(19)18-16-6-11(22)13(24)12(23)7-20/h2-6,11-13,20,22-24H,7H2,1H3,(H,17,18)/b10-5-,16-6+/t11-,12-,13+/m0/s1.